The van der Waals surface area contributed by atoms with Gasteiger partial charge in [0.25, 0.3) is 0 Å². The molecule has 1 heterocycles. The second-order valence-electron chi connectivity index (χ2n) is 5.09. The van der Waals surface area contributed by atoms with E-state index in [-0.39, 0.29) is 18.1 Å². The van der Waals surface area contributed by atoms with Gasteiger partial charge in [0.05, 0.1) is 12.1 Å². The van der Waals surface area contributed by atoms with Crippen molar-refractivity contribution in [2.24, 2.45) is 0 Å². The van der Waals surface area contributed by atoms with Gasteiger partial charge in [-0.3, -0.25) is 4.79 Å². The Bertz CT molecular complexity index is 399. The van der Waals surface area contributed by atoms with Gasteiger partial charge in [-0.05, 0) is 24.8 Å². The van der Waals surface area contributed by atoms with Crippen LogP contribution in [0.15, 0.2) is 30.3 Å². The van der Waals surface area contributed by atoms with Crippen LogP contribution in [0, 0.1) is 0 Å². The number of carbonyl (C=O) groups excluding carboxylic acids is 1. The average molecular weight is 263 g/mol. The number of amides is 1. The molecule has 19 heavy (non-hydrogen) atoms. The Balaban J connectivity index is 1.83. The molecule has 0 bridgehead atoms. The molecule has 2 N–H and O–H groups in total. The largest absolute Gasteiger partial charge is 0.396 e. The van der Waals surface area contributed by atoms with Crippen LogP contribution >= 0.6 is 0 Å². The molecule has 0 saturated carbocycles. The molecule has 1 aromatic carbocycles. The van der Waals surface area contributed by atoms with Gasteiger partial charge in [-0.15, -0.1) is 0 Å². The molecular weight excluding hydrogens is 242 g/mol. The number of benzene rings is 1. The Kier molecular flexibility index (Phi) is 4.93. The van der Waals surface area contributed by atoms with E-state index in [0.717, 1.165) is 18.4 Å². The van der Waals surface area contributed by atoms with Crippen LogP contribution in [0.1, 0.15) is 24.8 Å². The molecule has 2 rings (SSSR count). The molecule has 1 amide bonds. The molecule has 1 aliphatic heterocycles. The molecule has 1 fully saturated rings. The first kappa shape index (κ1) is 14.0. The van der Waals surface area contributed by atoms with Crippen LogP contribution in [-0.2, 0) is 16.0 Å². The molecule has 1 atom stereocenters. The summed E-state index contributed by atoms with van der Waals surface area (Å²) in [5.41, 5.74) is 0.805. The van der Waals surface area contributed by atoms with Gasteiger partial charge in [-0.25, -0.2) is 0 Å². The Hall–Kier alpha value is -1.39. The van der Waals surface area contributed by atoms with Crippen molar-refractivity contribution in [1.82, 2.24) is 5.32 Å². The third kappa shape index (κ3) is 4.04. The first-order valence-electron chi connectivity index (χ1n) is 6.78. The lowest BCUT2D eigenvalue weighted by Crippen LogP contribution is -2.49. The van der Waals surface area contributed by atoms with Crippen molar-refractivity contribution in [3.8, 4) is 0 Å². The molecule has 104 valence electrons. The summed E-state index contributed by atoms with van der Waals surface area (Å²) in [5, 5.41) is 12.1. The Morgan fingerprint density at radius 2 is 2.16 bits per heavy atom. The van der Waals surface area contributed by atoms with Crippen molar-refractivity contribution < 1.29 is 14.6 Å². The molecule has 4 nitrogen and oxygen atoms in total. The second-order valence-corrected chi connectivity index (χ2v) is 5.09. The minimum absolute atomic E-state index is 0.0304. The zero-order valence-electron chi connectivity index (χ0n) is 11.1. The number of hydrogen-bond donors (Lipinski definition) is 2. The van der Waals surface area contributed by atoms with E-state index in [4.69, 9.17) is 9.84 Å². The average Bonchev–Trinajstić information content (AvgIpc) is 2.86. The van der Waals surface area contributed by atoms with Crippen LogP contribution in [0.3, 0.4) is 0 Å². The summed E-state index contributed by atoms with van der Waals surface area (Å²) in [4.78, 5) is 12.0. The van der Waals surface area contributed by atoms with Crippen molar-refractivity contribution in [3.05, 3.63) is 35.9 Å². The second kappa shape index (κ2) is 6.68. The standard InChI is InChI=1S/C15H21NO3/c17-10-8-15(9-11-19-12-15)16-14(18)7-6-13-4-2-1-3-5-13/h1-5,17H,6-12H2,(H,16,18). The number of ether oxygens (including phenoxy) is 1. The van der Waals surface area contributed by atoms with Gasteiger partial charge in [-0.2, -0.15) is 0 Å². The van der Waals surface area contributed by atoms with E-state index in [0.29, 0.717) is 26.1 Å². The SMILES string of the molecule is O=C(CCc1ccccc1)NC1(CCO)CCOC1. The number of rotatable bonds is 6. The first-order valence-corrected chi connectivity index (χ1v) is 6.78. The fourth-order valence-corrected chi connectivity index (χ4v) is 2.44. The molecule has 0 radical (unpaired) electrons. The van der Waals surface area contributed by atoms with Crippen molar-refractivity contribution in [2.75, 3.05) is 19.8 Å². The van der Waals surface area contributed by atoms with Crippen molar-refractivity contribution >= 4 is 5.91 Å². The summed E-state index contributed by atoms with van der Waals surface area (Å²) in [6, 6.07) is 9.97. The molecule has 4 heteroatoms. The summed E-state index contributed by atoms with van der Waals surface area (Å²) >= 11 is 0. The van der Waals surface area contributed by atoms with Crippen LogP contribution in [0.2, 0.25) is 0 Å². The normalized spacial score (nSPS) is 22.4. The highest BCUT2D eigenvalue weighted by molar-refractivity contribution is 5.77. The van der Waals surface area contributed by atoms with Crippen LogP contribution in [0.4, 0.5) is 0 Å². The zero-order chi connectivity index (χ0) is 13.6. The third-order valence-electron chi connectivity index (χ3n) is 3.58. The summed E-state index contributed by atoms with van der Waals surface area (Å²) < 4.78 is 5.35. The summed E-state index contributed by atoms with van der Waals surface area (Å²) in [5.74, 6) is 0.0304. The van der Waals surface area contributed by atoms with E-state index in [2.05, 4.69) is 5.32 Å². The van der Waals surface area contributed by atoms with E-state index in [9.17, 15) is 4.79 Å². The molecule has 0 spiro atoms. The fraction of sp³-hybridized carbons (Fsp3) is 0.533. The Morgan fingerprint density at radius 3 is 2.79 bits per heavy atom. The quantitative estimate of drug-likeness (QED) is 0.813. The highest BCUT2D eigenvalue weighted by atomic mass is 16.5. The van der Waals surface area contributed by atoms with Gasteiger partial charge < -0.3 is 15.2 Å². The number of hydrogen-bond acceptors (Lipinski definition) is 3. The predicted molar refractivity (Wildman–Crippen MR) is 72.8 cm³/mol. The van der Waals surface area contributed by atoms with Crippen molar-refractivity contribution in [1.29, 1.82) is 0 Å². The lowest BCUT2D eigenvalue weighted by molar-refractivity contribution is -0.123. The van der Waals surface area contributed by atoms with Crippen LogP contribution in [-0.4, -0.2) is 36.4 Å². The van der Waals surface area contributed by atoms with Crippen molar-refractivity contribution in [3.63, 3.8) is 0 Å². The maximum absolute atomic E-state index is 12.0. The molecule has 1 aliphatic rings. The molecule has 0 aromatic heterocycles. The van der Waals surface area contributed by atoms with E-state index >= 15 is 0 Å². The molecule has 0 aliphatic carbocycles. The maximum atomic E-state index is 12.0. The zero-order valence-corrected chi connectivity index (χ0v) is 11.1. The van der Waals surface area contributed by atoms with E-state index in [1.807, 2.05) is 30.3 Å². The summed E-state index contributed by atoms with van der Waals surface area (Å²) in [6.07, 6.45) is 2.55. The van der Waals surface area contributed by atoms with E-state index in [1.54, 1.807) is 0 Å². The third-order valence-corrected chi connectivity index (χ3v) is 3.58. The lowest BCUT2D eigenvalue weighted by atomic mass is 9.94. The number of aryl methyl sites for hydroxylation is 1. The maximum Gasteiger partial charge on any atom is 0.220 e. The fourth-order valence-electron chi connectivity index (χ4n) is 2.44. The number of aliphatic hydroxyl groups is 1. The van der Waals surface area contributed by atoms with Gasteiger partial charge in [0.1, 0.15) is 0 Å². The van der Waals surface area contributed by atoms with Crippen LogP contribution < -0.4 is 5.32 Å². The topological polar surface area (TPSA) is 58.6 Å². The van der Waals surface area contributed by atoms with E-state index < -0.39 is 0 Å². The monoisotopic (exact) mass is 263 g/mol. The molecular formula is C15H21NO3. The highest BCUT2D eigenvalue weighted by Gasteiger charge is 2.35. The van der Waals surface area contributed by atoms with Crippen LogP contribution in [0.5, 0.6) is 0 Å². The van der Waals surface area contributed by atoms with E-state index in [1.165, 1.54) is 0 Å². The predicted octanol–water partition coefficient (Wildman–Crippen LogP) is 1.28. The summed E-state index contributed by atoms with van der Waals surface area (Å²) in [7, 11) is 0. The molecule has 1 aromatic rings. The van der Waals surface area contributed by atoms with Gasteiger partial charge in [0, 0.05) is 19.6 Å². The van der Waals surface area contributed by atoms with Gasteiger partial charge >= 0.3 is 0 Å². The highest BCUT2D eigenvalue weighted by Crippen LogP contribution is 2.22. The number of nitrogens with one attached hydrogen (secondary N) is 1. The number of carbonyl (C=O) groups is 1. The lowest BCUT2D eigenvalue weighted by Gasteiger charge is -2.28. The van der Waals surface area contributed by atoms with Gasteiger partial charge in [0.15, 0.2) is 0 Å². The minimum atomic E-state index is -0.359. The Morgan fingerprint density at radius 1 is 1.37 bits per heavy atom. The van der Waals surface area contributed by atoms with Crippen molar-refractivity contribution in [2.45, 2.75) is 31.2 Å². The van der Waals surface area contributed by atoms with Gasteiger partial charge in [-0.1, -0.05) is 30.3 Å². The molecule has 1 unspecified atom stereocenters. The molecule has 1 saturated heterocycles. The first-order chi connectivity index (χ1) is 9.24. The number of aliphatic hydroxyl groups excluding tert-OH is 1. The smallest absolute Gasteiger partial charge is 0.220 e. The minimum Gasteiger partial charge on any atom is -0.396 e. The van der Waals surface area contributed by atoms with Gasteiger partial charge in [0.2, 0.25) is 5.91 Å². The van der Waals surface area contributed by atoms with Crippen LogP contribution in [0.25, 0.3) is 0 Å². The Labute approximate surface area is 113 Å². The summed E-state index contributed by atoms with van der Waals surface area (Å²) in [6.45, 7) is 1.23.